The van der Waals surface area contributed by atoms with Crippen LogP contribution in [0.3, 0.4) is 0 Å². The van der Waals surface area contributed by atoms with Crippen LogP contribution in [0, 0.1) is 0 Å². The molecular weight excluding hydrogens is 711 g/mol. The fourth-order valence-corrected chi connectivity index (χ4v) is 8.75. The lowest BCUT2D eigenvalue weighted by Gasteiger charge is -2.13. The van der Waals surface area contributed by atoms with Crippen molar-refractivity contribution in [2.24, 2.45) is 0 Å². The van der Waals surface area contributed by atoms with Crippen molar-refractivity contribution in [1.82, 2.24) is 33.7 Å². The number of hydrogen-bond donors (Lipinski definition) is 0. The van der Waals surface area contributed by atoms with Gasteiger partial charge in [-0.1, -0.05) is 146 Å². The molecule has 0 saturated carbocycles. The van der Waals surface area contributed by atoms with Gasteiger partial charge in [-0.2, -0.15) is 0 Å². The van der Waals surface area contributed by atoms with E-state index in [0.29, 0.717) is 0 Å². The van der Waals surface area contributed by atoms with E-state index in [2.05, 4.69) is 159 Å². The Morgan fingerprint density at radius 3 is 1.47 bits per heavy atom. The van der Waals surface area contributed by atoms with E-state index < -0.39 is 0 Å². The van der Waals surface area contributed by atoms with E-state index in [1.807, 2.05) is 18.3 Å². The van der Waals surface area contributed by atoms with Gasteiger partial charge in [0.25, 0.3) is 0 Å². The van der Waals surface area contributed by atoms with Gasteiger partial charge in [-0.15, -0.1) is 0 Å². The van der Waals surface area contributed by atoms with Gasteiger partial charge in [-0.25, -0.2) is 15.0 Å². The van der Waals surface area contributed by atoms with Gasteiger partial charge in [-0.05, 0) is 45.5 Å². The number of pyridine rings is 1. The second-order valence-corrected chi connectivity index (χ2v) is 14.6. The molecule has 0 aliphatic carbocycles. The predicted octanol–water partition coefficient (Wildman–Crippen LogP) is 10.7. The minimum atomic E-state index is 0.751. The topological polar surface area (TPSA) is 73.3 Å². The molecule has 58 heavy (non-hydrogen) atoms. The van der Waals surface area contributed by atoms with E-state index in [1.165, 1.54) is 11.1 Å². The molecule has 270 valence electrons. The van der Waals surface area contributed by atoms with Gasteiger partial charge in [0.1, 0.15) is 16.5 Å². The SMILES string of the molecule is c1ccc(-c2ccc(C(c3ccc(-c4ccccc4)cc3)=c3n4c5nccnc5c5cccc(c6cccc7c8nc(-c9ccncc9)cnc8n3c67)c54)cc2)cc1. The molecule has 0 aliphatic heterocycles. The number of nitrogens with zero attached hydrogens (tertiary/aromatic N) is 7. The second kappa shape index (κ2) is 12.8. The standard InChI is InChI=1S/C51H31N7/c1-3-9-32(10-4-1)34-17-21-37(22-18-34)44(38-23-19-35(20-24-38)33-11-5-2-6-12-33)51-57-47-39(13-7-15-41(47)45-49(57)54-30-29-53-45)40-14-8-16-42-46-50(58(51)48(40)42)55-31-43(56-46)36-25-27-52-28-26-36/h1-31H. The van der Waals surface area contributed by atoms with Crippen LogP contribution in [0.4, 0.5) is 0 Å². The maximum atomic E-state index is 5.36. The van der Waals surface area contributed by atoms with Gasteiger partial charge >= 0.3 is 0 Å². The van der Waals surface area contributed by atoms with Gasteiger partial charge in [-0.3, -0.25) is 18.8 Å². The van der Waals surface area contributed by atoms with Gasteiger partial charge in [0.05, 0.1) is 22.9 Å². The average Bonchev–Trinajstić information content (AvgIpc) is 3.77. The van der Waals surface area contributed by atoms with Crippen molar-refractivity contribution in [2.45, 2.75) is 0 Å². The number of aromatic nitrogens is 7. The van der Waals surface area contributed by atoms with Crippen LogP contribution >= 0.6 is 0 Å². The molecule has 12 rings (SSSR count). The lowest BCUT2D eigenvalue weighted by atomic mass is 9.94. The minimum Gasteiger partial charge on any atom is -0.276 e. The third-order valence-corrected chi connectivity index (χ3v) is 11.4. The van der Waals surface area contributed by atoms with Crippen LogP contribution in [0.5, 0.6) is 0 Å². The van der Waals surface area contributed by atoms with Crippen molar-refractivity contribution in [2.75, 3.05) is 0 Å². The molecule has 0 saturated heterocycles. The quantitative estimate of drug-likeness (QED) is 0.176. The molecule has 0 N–H and O–H groups in total. The van der Waals surface area contributed by atoms with Gasteiger partial charge in [0.2, 0.25) is 0 Å². The van der Waals surface area contributed by atoms with Crippen LogP contribution in [0.1, 0.15) is 11.1 Å². The molecule has 0 atom stereocenters. The number of benzene rings is 6. The van der Waals surface area contributed by atoms with E-state index in [9.17, 15) is 0 Å². The number of fused-ring (bicyclic) bond motifs is 7. The summed E-state index contributed by atoms with van der Waals surface area (Å²) in [7, 11) is 0. The Morgan fingerprint density at radius 1 is 0.379 bits per heavy atom. The first-order valence-electron chi connectivity index (χ1n) is 19.3. The Kier molecular flexibility index (Phi) is 7.09. The average molecular weight is 742 g/mol. The summed E-state index contributed by atoms with van der Waals surface area (Å²) in [6.07, 6.45) is 9.03. The second-order valence-electron chi connectivity index (χ2n) is 14.6. The molecule has 0 spiro atoms. The van der Waals surface area contributed by atoms with Gasteiger partial charge < -0.3 is 0 Å². The van der Waals surface area contributed by atoms with Crippen LogP contribution in [0.15, 0.2) is 189 Å². The molecule has 7 heteroatoms. The highest BCUT2D eigenvalue weighted by Crippen LogP contribution is 2.38. The van der Waals surface area contributed by atoms with E-state index in [1.54, 1.807) is 24.8 Å². The van der Waals surface area contributed by atoms with Crippen LogP contribution < -0.4 is 5.48 Å². The zero-order chi connectivity index (χ0) is 38.2. The Hall–Kier alpha value is -8.03. The van der Waals surface area contributed by atoms with Gasteiger partial charge in [0.15, 0.2) is 11.3 Å². The van der Waals surface area contributed by atoms with Crippen LogP contribution in [0.25, 0.3) is 94.0 Å². The van der Waals surface area contributed by atoms with E-state index in [-0.39, 0.29) is 0 Å². The monoisotopic (exact) mass is 741 g/mol. The highest BCUT2D eigenvalue weighted by atomic mass is 15.1. The van der Waals surface area contributed by atoms with Crippen molar-refractivity contribution in [3.05, 3.63) is 205 Å². The van der Waals surface area contributed by atoms with E-state index in [4.69, 9.17) is 19.9 Å². The third-order valence-electron chi connectivity index (χ3n) is 11.4. The highest BCUT2D eigenvalue weighted by Gasteiger charge is 2.24. The van der Waals surface area contributed by atoms with Crippen molar-refractivity contribution >= 4 is 60.5 Å². The summed E-state index contributed by atoms with van der Waals surface area (Å²) in [6, 6.07) is 55.8. The molecule has 6 aromatic carbocycles. The lowest BCUT2D eigenvalue weighted by molar-refractivity contribution is 0.998. The summed E-state index contributed by atoms with van der Waals surface area (Å²) in [6.45, 7) is 0. The Balaban J connectivity index is 1.32. The summed E-state index contributed by atoms with van der Waals surface area (Å²) in [5, 5.41) is 4.24. The zero-order valence-corrected chi connectivity index (χ0v) is 31.0. The predicted molar refractivity (Wildman–Crippen MR) is 233 cm³/mol. The Bertz CT molecular complexity index is 3490. The molecule has 0 amide bonds. The maximum Gasteiger partial charge on any atom is 0.165 e. The van der Waals surface area contributed by atoms with Crippen molar-refractivity contribution in [3.63, 3.8) is 0 Å². The first-order valence-corrected chi connectivity index (χ1v) is 19.3. The smallest absolute Gasteiger partial charge is 0.165 e. The molecule has 0 radical (unpaired) electrons. The first-order chi connectivity index (χ1) is 28.8. The fourth-order valence-electron chi connectivity index (χ4n) is 8.75. The molecule has 0 bridgehead atoms. The summed E-state index contributed by atoms with van der Waals surface area (Å²) in [5.41, 5.74) is 15.7. The van der Waals surface area contributed by atoms with Crippen molar-refractivity contribution < 1.29 is 0 Å². The molecular formula is C51H31N7. The molecule has 6 heterocycles. The number of hydrogen-bond acceptors (Lipinski definition) is 5. The molecule has 0 aliphatic rings. The minimum absolute atomic E-state index is 0.751. The largest absolute Gasteiger partial charge is 0.276 e. The summed E-state index contributed by atoms with van der Waals surface area (Å²) in [4.78, 5) is 25.0. The van der Waals surface area contributed by atoms with E-state index in [0.717, 1.165) is 99.5 Å². The molecule has 7 nitrogen and oxygen atoms in total. The van der Waals surface area contributed by atoms with Crippen LogP contribution in [-0.4, -0.2) is 33.7 Å². The normalized spacial score (nSPS) is 11.8. The number of rotatable bonds is 5. The van der Waals surface area contributed by atoms with E-state index >= 15 is 0 Å². The lowest BCUT2D eigenvalue weighted by Crippen LogP contribution is -2.25. The molecule has 0 unspecified atom stereocenters. The fraction of sp³-hybridized carbons (Fsp3) is 0. The first kappa shape index (κ1) is 32.2. The molecule has 0 fully saturated rings. The van der Waals surface area contributed by atoms with Crippen LogP contribution in [0.2, 0.25) is 0 Å². The van der Waals surface area contributed by atoms with Crippen molar-refractivity contribution in [3.8, 4) is 33.5 Å². The van der Waals surface area contributed by atoms with Gasteiger partial charge in [0, 0.05) is 57.5 Å². The Morgan fingerprint density at radius 2 is 0.879 bits per heavy atom. The third kappa shape index (κ3) is 4.83. The summed E-state index contributed by atoms with van der Waals surface area (Å²) in [5.74, 6) is 0. The molecule has 12 aromatic rings. The van der Waals surface area contributed by atoms with Crippen LogP contribution in [-0.2, 0) is 0 Å². The number of para-hydroxylation sites is 2. The molecule has 6 aromatic heterocycles. The summed E-state index contributed by atoms with van der Waals surface area (Å²) >= 11 is 0. The summed E-state index contributed by atoms with van der Waals surface area (Å²) < 4.78 is 4.64. The Labute approximate surface area is 331 Å². The zero-order valence-electron chi connectivity index (χ0n) is 31.0. The highest BCUT2D eigenvalue weighted by molar-refractivity contribution is 6.22. The maximum absolute atomic E-state index is 5.36. The van der Waals surface area contributed by atoms with Crippen molar-refractivity contribution in [1.29, 1.82) is 0 Å².